The van der Waals surface area contributed by atoms with Crippen molar-refractivity contribution in [2.24, 2.45) is 5.41 Å². The Morgan fingerprint density at radius 1 is 1.22 bits per heavy atom. The van der Waals surface area contributed by atoms with E-state index in [0.717, 1.165) is 11.1 Å². The van der Waals surface area contributed by atoms with E-state index in [0.29, 0.717) is 24.0 Å². The van der Waals surface area contributed by atoms with Crippen LogP contribution in [0.3, 0.4) is 0 Å². The van der Waals surface area contributed by atoms with Crippen molar-refractivity contribution in [3.63, 3.8) is 0 Å². The lowest BCUT2D eigenvalue weighted by Gasteiger charge is -2.30. The van der Waals surface area contributed by atoms with Crippen LogP contribution in [0.5, 0.6) is 0 Å². The molecule has 1 saturated heterocycles. The molecule has 3 N–H and O–H groups in total. The van der Waals surface area contributed by atoms with E-state index in [-0.39, 0.29) is 18.1 Å². The van der Waals surface area contributed by atoms with Gasteiger partial charge < -0.3 is 20.7 Å². The molecule has 2 heterocycles. The average Bonchev–Trinajstić information content (AvgIpc) is 3.44. The first-order chi connectivity index (χ1) is 17.2. The summed E-state index contributed by atoms with van der Waals surface area (Å²) in [7, 11) is 0. The van der Waals surface area contributed by atoms with Gasteiger partial charge in [0.2, 0.25) is 5.91 Å². The van der Waals surface area contributed by atoms with Gasteiger partial charge in [-0.05, 0) is 29.2 Å². The molecule has 3 aromatic rings. The molecule has 36 heavy (non-hydrogen) atoms. The first-order valence-corrected chi connectivity index (χ1v) is 11.6. The van der Waals surface area contributed by atoms with Gasteiger partial charge in [0.15, 0.2) is 5.69 Å². The maximum Gasteiger partial charge on any atom is 0.407 e. The van der Waals surface area contributed by atoms with Gasteiger partial charge in [0.05, 0.1) is 36.8 Å². The number of carbonyl (C=O) groups excluding carboxylic acids is 3. The number of cyclic esters (lactones) is 1. The smallest absolute Gasteiger partial charge is 0.407 e. The highest BCUT2D eigenvalue weighted by atomic mass is 16.6. The van der Waals surface area contributed by atoms with E-state index in [4.69, 9.17) is 10.00 Å². The molecule has 4 rings (SSSR count). The summed E-state index contributed by atoms with van der Waals surface area (Å²) in [5, 5.41) is 22.4. The number of nitrogens with one attached hydrogen (secondary N) is 3. The van der Waals surface area contributed by atoms with E-state index >= 15 is 0 Å². The fourth-order valence-corrected chi connectivity index (χ4v) is 4.01. The van der Waals surface area contributed by atoms with E-state index in [1.165, 1.54) is 0 Å². The molecule has 1 aliphatic rings. The predicted molar refractivity (Wildman–Crippen MR) is 132 cm³/mol. The van der Waals surface area contributed by atoms with E-state index < -0.39 is 29.6 Å². The number of para-hydroxylation sites is 1. The van der Waals surface area contributed by atoms with Gasteiger partial charge in [0, 0.05) is 5.39 Å². The van der Waals surface area contributed by atoms with Gasteiger partial charge in [0.1, 0.15) is 12.1 Å². The van der Waals surface area contributed by atoms with Crippen LogP contribution in [-0.2, 0) is 16.1 Å². The fraction of sp³-hybridized carbons (Fsp3) is 0.346. The van der Waals surface area contributed by atoms with E-state index in [2.05, 4.69) is 27.1 Å². The van der Waals surface area contributed by atoms with Gasteiger partial charge in [-0.2, -0.15) is 10.4 Å². The number of hydrogen-bond acceptors (Lipinski definition) is 6. The summed E-state index contributed by atoms with van der Waals surface area (Å²) >= 11 is 0. The largest absolute Gasteiger partial charge is 0.442 e. The molecule has 0 radical (unpaired) electrons. The molecule has 1 fully saturated rings. The normalized spacial score (nSPS) is 16.1. The van der Waals surface area contributed by atoms with Crippen LogP contribution >= 0.6 is 0 Å². The maximum atomic E-state index is 13.4. The summed E-state index contributed by atoms with van der Waals surface area (Å²) in [6.45, 7) is 6.44. The van der Waals surface area contributed by atoms with Crippen molar-refractivity contribution in [1.82, 2.24) is 25.7 Å². The van der Waals surface area contributed by atoms with Crippen molar-refractivity contribution in [2.45, 2.75) is 39.5 Å². The summed E-state index contributed by atoms with van der Waals surface area (Å²) < 4.78 is 6.79. The highest BCUT2D eigenvalue weighted by Crippen LogP contribution is 2.23. The summed E-state index contributed by atoms with van der Waals surface area (Å²) in [5.41, 5.74) is 1.90. The Morgan fingerprint density at radius 2 is 1.94 bits per heavy atom. The minimum atomic E-state index is -0.850. The van der Waals surface area contributed by atoms with Crippen molar-refractivity contribution in [1.29, 1.82) is 5.26 Å². The van der Waals surface area contributed by atoms with E-state index in [9.17, 15) is 14.4 Å². The Labute approximate surface area is 208 Å². The van der Waals surface area contributed by atoms with Crippen molar-refractivity contribution in [3.8, 4) is 6.07 Å². The Balaban J connectivity index is 1.54. The van der Waals surface area contributed by atoms with Crippen LogP contribution in [0.4, 0.5) is 4.79 Å². The molecular weight excluding hydrogens is 460 g/mol. The number of benzene rings is 2. The third-order valence-electron chi connectivity index (χ3n) is 5.94. The lowest BCUT2D eigenvalue weighted by Crippen LogP contribution is -2.54. The van der Waals surface area contributed by atoms with E-state index in [1.54, 1.807) is 16.8 Å². The van der Waals surface area contributed by atoms with Crippen LogP contribution in [0.25, 0.3) is 10.9 Å². The number of hydrogen-bond donors (Lipinski definition) is 3. The van der Waals surface area contributed by atoms with Crippen molar-refractivity contribution in [2.75, 3.05) is 13.1 Å². The number of ether oxygens (including phenoxy) is 1. The zero-order valence-corrected chi connectivity index (χ0v) is 20.4. The van der Waals surface area contributed by atoms with Gasteiger partial charge in [-0.3, -0.25) is 14.3 Å². The average molecular weight is 489 g/mol. The molecule has 186 valence electrons. The number of fused-ring (bicyclic) bond motifs is 1. The summed E-state index contributed by atoms with van der Waals surface area (Å²) in [4.78, 5) is 37.6. The lowest BCUT2D eigenvalue weighted by molar-refractivity contribution is -0.125. The number of nitrogens with zero attached hydrogens (tertiary/aromatic N) is 3. The van der Waals surface area contributed by atoms with Gasteiger partial charge in [0.25, 0.3) is 5.91 Å². The van der Waals surface area contributed by atoms with Crippen LogP contribution in [-0.4, -0.2) is 52.9 Å². The molecule has 0 bridgehead atoms. The number of aromatic nitrogens is 2. The first kappa shape index (κ1) is 24.7. The second kappa shape index (κ2) is 10.1. The third-order valence-corrected chi connectivity index (χ3v) is 5.94. The molecule has 0 spiro atoms. The molecule has 2 unspecified atom stereocenters. The second-order valence-electron chi connectivity index (χ2n) is 9.76. The Bertz CT molecular complexity index is 1330. The van der Waals surface area contributed by atoms with Gasteiger partial charge in [-0.15, -0.1) is 0 Å². The fourth-order valence-electron chi connectivity index (χ4n) is 4.01. The van der Waals surface area contributed by atoms with Crippen LogP contribution < -0.4 is 16.0 Å². The van der Waals surface area contributed by atoms with Gasteiger partial charge in [-0.1, -0.05) is 51.1 Å². The van der Waals surface area contributed by atoms with Crippen LogP contribution in [0.2, 0.25) is 0 Å². The van der Waals surface area contributed by atoms with Crippen LogP contribution in [0.15, 0.2) is 48.5 Å². The standard InChI is InChI=1S/C26H28N6O4/c1-26(2,3)22(24(34)28-13-18-14-29-25(35)36-18)30-23(33)21-19-6-4-5-7-20(19)32(31-21)15-17-10-8-16(12-27)9-11-17/h4-11,18,22H,13-15H2,1-3H3,(H,28,34)(H,29,35)(H,30,33). The highest BCUT2D eigenvalue weighted by molar-refractivity contribution is 6.06. The monoisotopic (exact) mass is 488 g/mol. The maximum absolute atomic E-state index is 13.4. The molecule has 10 heteroatoms. The number of nitriles is 1. The Kier molecular flexibility index (Phi) is 6.92. The summed E-state index contributed by atoms with van der Waals surface area (Å²) in [6, 6.07) is 15.8. The Hall–Kier alpha value is -4.39. The molecule has 1 aromatic heterocycles. The minimum absolute atomic E-state index is 0.141. The zero-order valence-electron chi connectivity index (χ0n) is 20.4. The number of amides is 3. The zero-order chi connectivity index (χ0) is 25.9. The highest BCUT2D eigenvalue weighted by Gasteiger charge is 2.35. The quantitative estimate of drug-likeness (QED) is 0.467. The predicted octanol–water partition coefficient (Wildman–Crippen LogP) is 2.33. The molecule has 2 aromatic carbocycles. The van der Waals surface area contributed by atoms with Gasteiger partial charge >= 0.3 is 6.09 Å². The molecule has 1 aliphatic heterocycles. The third kappa shape index (κ3) is 5.46. The molecule has 0 aliphatic carbocycles. The summed E-state index contributed by atoms with van der Waals surface area (Å²) in [5.74, 6) is -0.839. The van der Waals surface area contributed by atoms with Crippen LogP contribution in [0.1, 0.15) is 42.4 Å². The minimum Gasteiger partial charge on any atom is -0.442 e. The van der Waals surface area contributed by atoms with Crippen LogP contribution in [0, 0.1) is 16.7 Å². The lowest BCUT2D eigenvalue weighted by atomic mass is 9.86. The SMILES string of the molecule is CC(C)(C)C(NC(=O)c1nn(Cc2ccc(C#N)cc2)c2ccccc12)C(=O)NCC1CNC(=O)O1. The van der Waals surface area contributed by atoms with Crippen molar-refractivity contribution >= 4 is 28.8 Å². The molecular formula is C26H28N6O4. The molecule has 2 atom stereocenters. The second-order valence-corrected chi connectivity index (χ2v) is 9.76. The summed E-state index contributed by atoms with van der Waals surface area (Å²) in [6.07, 6.45) is -0.974. The topological polar surface area (TPSA) is 138 Å². The van der Waals surface area contributed by atoms with E-state index in [1.807, 2.05) is 57.2 Å². The van der Waals surface area contributed by atoms with Crippen molar-refractivity contribution < 1.29 is 19.1 Å². The number of rotatable bonds is 7. The molecule has 10 nitrogen and oxygen atoms in total. The molecule has 0 saturated carbocycles. The number of carbonyl (C=O) groups is 3. The first-order valence-electron chi connectivity index (χ1n) is 11.6. The van der Waals surface area contributed by atoms with Crippen molar-refractivity contribution in [3.05, 3.63) is 65.4 Å². The number of alkyl carbamates (subject to hydrolysis) is 1. The van der Waals surface area contributed by atoms with Gasteiger partial charge in [-0.25, -0.2) is 4.79 Å². The Morgan fingerprint density at radius 3 is 2.58 bits per heavy atom. The molecule has 3 amide bonds.